The Hall–Kier alpha value is -0.800. The molecule has 3 heteroatoms. The first kappa shape index (κ1) is 16.6. The largest absolute Gasteiger partial charge is 0.462 e. The van der Waals surface area contributed by atoms with Gasteiger partial charge in [-0.25, -0.2) is 0 Å². The van der Waals surface area contributed by atoms with Gasteiger partial charge in [-0.1, -0.05) is 13.8 Å². The lowest BCUT2D eigenvalue weighted by atomic mass is 9.80. The molecule has 0 bridgehead atoms. The first-order chi connectivity index (χ1) is 9.83. The van der Waals surface area contributed by atoms with Crippen molar-refractivity contribution < 1.29 is 9.15 Å². The molecular formula is C18H31NO2. The summed E-state index contributed by atoms with van der Waals surface area (Å²) in [6, 6.07) is 4.08. The fourth-order valence-corrected chi connectivity index (χ4v) is 2.80. The van der Waals surface area contributed by atoms with Crippen LogP contribution in [0.15, 0.2) is 16.5 Å². The van der Waals surface area contributed by atoms with Crippen LogP contribution in [0.3, 0.4) is 0 Å². The predicted molar refractivity (Wildman–Crippen MR) is 86.1 cm³/mol. The third-order valence-corrected chi connectivity index (χ3v) is 4.52. The average molecular weight is 293 g/mol. The van der Waals surface area contributed by atoms with Gasteiger partial charge in [0.1, 0.15) is 18.1 Å². The molecule has 1 N–H and O–H groups in total. The van der Waals surface area contributed by atoms with E-state index in [2.05, 4.69) is 39.9 Å². The summed E-state index contributed by atoms with van der Waals surface area (Å²) >= 11 is 0. The Morgan fingerprint density at radius 1 is 1.14 bits per heavy atom. The molecule has 0 radical (unpaired) electrons. The van der Waals surface area contributed by atoms with E-state index >= 15 is 0 Å². The van der Waals surface area contributed by atoms with Gasteiger partial charge in [0.2, 0.25) is 0 Å². The summed E-state index contributed by atoms with van der Waals surface area (Å²) in [5.41, 5.74) is 0.110. The summed E-state index contributed by atoms with van der Waals surface area (Å²) < 4.78 is 11.9. The van der Waals surface area contributed by atoms with E-state index in [1.807, 2.05) is 12.1 Å². The van der Waals surface area contributed by atoms with Gasteiger partial charge in [0.05, 0.1) is 12.6 Å². The number of rotatable bonds is 5. The van der Waals surface area contributed by atoms with E-state index in [1.54, 1.807) is 0 Å². The van der Waals surface area contributed by atoms with Crippen molar-refractivity contribution in [2.45, 2.75) is 78.7 Å². The van der Waals surface area contributed by atoms with Crippen LogP contribution in [0.5, 0.6) is 0 Å². The van der Waals surface area contributed by atoms with E-state index < -0.39 is 0 Å². The lowest BCUT2D eigenvalue weighted by Gasteiger charge is -2.31. The zero-order valence-electron chi connectivity index (χ0n) is 14.2. The second-order valence-corrected chi connectivity index (χ2v) is 7.67. The van der Waals surface area contributed by atoms with Crippen molar-refractivity contribution in [3.05, 3.63) is 23.7 Å². The molecule has 2 rings (SSSR count). The predicted octanol–water partition coefficient (Wildman–Crippen LogP) is 4.51. The maximum Gasteiger partial charge on any atom is 0.129 e. The minimum absolute atomic E-state index is 0.110. The maximum atomic E-state index is 6.03. The van der Waals surface area contributed by atoms with E-state index in [1.165, 1.54) is 19.3 Å². The molecule has 1 aromatic rings. The monoisotopic (exact) mass is 293 g/mol. The first-order valence-electron chi connectivity index (χ1n) is 8.27. The van der Waals surface area contributed by atoms with E-state index in [0.29, 0.717) is 12.7 Å². The summed E-state index contributed by atoms with van der Waals surface area (Å²) in [5, 5.41) is 3.43. The Morgan fingerprint density at radius 3 is 2.52 bits per heavy atom. The molecule has 0 saturated heterocycles. The number of furan rings is 1. The van der Waals surface area contributed by atoms with E-state index in [0.717, 1.165) is 29.9 Å². The second kappa shape index (κ2) is 6.97. The molecule has 3 unspecified atom stereocenters. The highest BCUT2D eigenvalue weighted by molar-refractivity contribution is 5.06. The van der Waals surface area contributed by atoms with E-state index in [-0.39, 0.29) is 5.54 Å². The zero-order valence-corrected chi connectivity index (χ0v) is 14.2. The van der Waals surface area contributed by atoms with Gasteiger partial charge in [-0.2, -0.15) is 0 Å². The molecule has 1 aromatic heterocycles. The summed E-state index contributed by atoms with van der Waals surface area (Å²) in [6.45, 7) is 12.5. The molecule has 120 valence electrons. The summed E-state index contributed by atoms with van der Waals surface area (Å²) in [7, 11) is 0. The Kier molecular flexibility index (Phi) is 5.50. The van der Waals surface area contributed by atoms with Gasteiger partial charge in [0.25, 0.3) is 0 Å². The van der Waals surface area contributed by atoms with Crippen molar-refractivity contribution in [1.29, 1.82) is 0 Å². The van der Waals surface area contributed by atoms with Crippen LogP contribution in [0, 0.1) is 11.8 Å². The van der Waals surface area contributed by atoms with Gasteiger partial charge in [0, 0.05) is 5.54 Å². The summed E-state index contributed by atoms with van der Waals surface area (Å²) in [5.74, 6) is 3.52. The maximum absolute atomic E-state index is 6.03. The van der Waals surface area contributed by atoms with Crippen LogP contribution < -0.4 is 5.32 Å². The highest BCUT2D eigenvalue weighted by Gasteiger charge is 2.25. The smallest absolute Gasteiger partial charge is 0.129 e. The molecule has 1 aliphatic rings. The van der Waals surface area contributed by atoms with Crippen LogP contribution in [-0.4, -0.2) is 11.6 Å². The molecule has 0 spiro atoms. The van der Waals surface area contributed by atoms with Gasteiger partial charge in [-0.3, -0.25) is 0 Å². The summed E-state index contributed by atoms with van der Waals surface area (Å²) in [4.78, 5) is 0. The van der Waals surface area contributed by atoms with Crippen molar-refractivity contribution in [2.75, 3.05) is 0 Å². The molecular weight excluding hydrogens is 262 g/mol. The Labute approximate surface area is 129 Å². The SMILES string of the molecule is CC1CCC(OCc2ccc(CNC(C)(C)C)o2)CC1C. The van der Waals surface area contributed by atoms with Crippen molar-refractivity contribution >= 4 is 0 Å². The van der Waals surface area contributed by atoms with Crippen LogP contribution >= 0.6 is 0 Å². The number of ether oxygens (including phenoxy) is 1. The topological polar surface area (TPSA) is 34.4 Å². The molecule has 3 atom stereocenters. The first-order valence-corrected chi connectivity index (χ1v) is 8.27. The van der Waals surface area contributed by atoms with Crippen LogP contribution in [0.2, 0.25) is 0 Å². The molecule has 3 nitrogen and oxygen atoms in total. The van der Waals surface area contributed by atoms with Crippen LogP contribution in [-0.2, 0) is 17.9 Å². The molecule has 0 aliphatic heterocycles. The number of nitrogens with one attached hydrogen (secondary N) is 1. The molecule has 1 heterocycles. The lowest BCUT2D eigenvalue weighted by molar-refractivity contribution is -0.0143. The normalized spacial score (nSPS) is 27.0. The standard InChI is InChI=1S/C18H31NO2/c1-13-6-7-15(10-14(13)2)20-12-17-9-8-16(21-17)11-19-18(3,4)5/h8-9,13-15,19H,6-7,10-12H2,1-5H3. The third kappa shape index (κ3) is 5.48. The van der Waals surface area contributed by atoms with Crippen molar-refractivity contribution in [3.63, 3.8) is 0 Å². The highest BCUT2D eigenvalue weighted by atomic mass is 16.5. The van der Waals surface area contributed by atoms with Crippen LogP contribution in [0.25, 0.3) is 0 Å². The second-order valence-electron chi connectivity index (χ2n) is 7.67. The van der Waals surface area contributed by atoms with Gasteiger partial charge in [-0.05, 0) is 64.0 Å². The van der Waals surface area contributed by atoms with Gasteiger partial charge >= 0.3 is 0 Å². The Bertz CT molecular complexity index is 433. The average Bonchev–Trinajstić information content (AvgIpc) is 2.85. The Balaban J connectivity index is 1.75. The van der Waals surface area contributed by atoms with Crippen molar-refractivity contribution in [1.82, 2.24) is 5.32 Å². The van der Waals surface area contributed by atoms with Crippen LogP contribution in [0.1, 0.15) is 65.4 Å². The number of hydrogen-bond donors (Lipinski definition) is 1. The van der Waals surface area contributed by atoms with Gasteiger partial charge in [0.15, 0.2) is 0 Å². The van der Waals surface area contributed by atoms with Crippen molar-refractivity contribution in [3.8, 4) is 0 Å². The fourth-order valence-electron chi connectivity index (χ4n) is 2.80. The molecule has 1 fully saturated rings. The van der Waals surface area contributed by atoms with Gasteiger partial charge < -0.3 is 14.5 Å². The highest BCUT2D eigenvalue weighted by Crippen LogP contribution is 2.31. The molecule has 0 amide bonds. The van der Waals surface area contributed by atoms with Crippen molar-refractivity contribution in [2.24, 2.45) is 11.8 Å². The minimum atomic E-state index is 0.110. The van der Waals surface area contributed by atoms with Crippen LogP contribution in [0.4, 0.5) is 0 Å². The lowest BCUT2D eigenvalue weighted by Crippen LogP contribution is -2.34. The molecule has 0 aromatic carbocycles. The molecule has 1 saturated carbocycles. The summed E-state index contributed by atoms with van der Waals surface area (Å²) in [6.07, 6.45) is 4.05. The molecule has 21 heavy (non-hydrogen) atoms. The zero-order chi connectivity index (χ0) is 15.5. The van der Waals surface area contributed by atoms with E-state index in [9.17, 15) is 0 Å². The number of hydrogen-bond acceptors (Lipinski definition) is 3. The minimum Gasteiger partial charge on any atom is -0.462 e. The van der Waals surface area contributed by atoms with Gasteiger partial charge in [-0.15, -0.1) is 0 Å². The van der Waals surface area contributed by atoms with E-state index in [4.69, 9.17) is 9.15 Å². The molecule has 1 aliphatic carbocycles. The third-order valence-electron chi connectivity index (χ3n) is 4.52. The fraction of sp³-hybridized carbons (Fsp3) is 0.778. The quantitative estimate of drug-likeness (QED) is 0.867. The Morgan fingerprint density at radius 2 is 1.86 bits per heavy atom.